The van der Waals surface area contributed by atoms with Crippen LogP contribution in [0.4, 0.5) is 0 Å². The Morgan fingerprint density at radius 2 is 2.00 bits per heavy atom. The molecule has 4 heterocycles. The minimum Gasteiger partial charge on any atom is -0.542 e. The van der Waals surface area contributed by atoms with E-state index in [1.165, 1.54) is 17.6 Å². The van der Waals surface area contributed by atoms with Crippen molar-refractivity contribution in [3.8, 4) is 5.75 Å². The number of hydrogen-bond donors (Lipinski definition) is 0. The number of aromatic nitrogens is 3. The molecule has 1 fully saturated rings. The number of fused-ring (bicyclic) bond motifs is 1. The summed E-state index contributed by atoms with van der Waals surface area (Å²) in [6, 6.07) is 0. The molecule has 0 aromatic carbocycles. The second kappa shape index (κ2) is 8.33. The molecule has 6 nitrogen and oxygen atoms in total. The lowest BCUT2D eigenvalue weighted by atomic mass is 9.96. The van der Waals surface area contributed by atoms with Crippen LogP contribution in [0.3, 0.4) is 0 Å². The van der Waals surface area contributed by atoms with Crippen LogP contribution in [0.2, 0.25) is 18.1 Å². The molecule has 0 amide bonds. The monoisotopic (exact) mass is 442 g/mol. The van der Waals surface area contributed by atoms with E-state index in [2.05, 4.69) is 58.8 Å². The van der Waals surface area contributed by atoms with Crippen molar-refractivity contribution in [2.24, 2.45) is 0 Å². The summed E-state index contributed by atoms with van der Waals surface area (Å²) in [6.45, 7) is 16.3. The Kier molecular flexibility index (Phi) is 6.05. The lowest BCUT2D eigenvalue weighted by molar-refractivity contribution is -0.0371. The van der Waals surface area contributed by atoms with E-state index >= 15 is 0 Å². The van der Waals surface area contributed by atoms with Gasteiger partial charge in [0.2, 0.25) is 0 Å². The molecule has 1 atom stereocenters. The van der Waals surface area contributed by atoms with E-state index in [9.17, 15) is 0 Å². The van der Waals surface area contributed by atoms with Gasteiger partial charge in [0.25, 0.3) is 8.32 Å². The van der Waals surface area contributed by atoms with E-state index in [4.69, 9.17) is 19.2 Å². The van der Waals surface area contributed by atoms with Gasteiger partial charge in [-0.1, -0.05) is 26.8 Å². The minimum atomic E-state index is -2.01. The number of nitrogens with zero attached hydrogens (tertiary/aromatic N) is 4. The van der Waals surface area contributed by atoms with Crippen molar-refractivity contribution >= 4 is 24.9 Å². The fourth-order valence-electron chi connectivity index (χ4n) is 4.20. The van der Waals surface area contributed by atoms with Crippen LogP contribution < -0.4 is 4.43 Å². The van der Waals surface area contributed by atoms with Crippen LogP contribution >= 0.6 is 0 Å². The fourth-order valence-corrected chi connectivity index (χ4v) is 5.21. The van der Waals surface area contributed by atoms with E-state index in [0.29, 0.717) is 0 Å². The van der Waals surface area contributed by atoms with E-state index in [1.54, 1.807) is 0 Å². The maximum Gasteiger partial charge on any atom is 0.250 e. The molecule has 4 rings (SSSR count). The van der Waals surface area contributed by atoms with Crippen molar-refractivity contribution in [1.82, 2.24) is 19.7 Å². The molecule has 170 valence electrons. The molecule has 0 aliphatic carbocycles. The third-order valence-electron chi connectivity index (χ3n) is 7.19. The summed E-state index contributed by atoms with van der Waals surface area (Å²) in [5.74, 6) is 0.919. The van der Waals surface area contributed by atoms with Gasteiger partial charge in [-0.05, 0) is 63.4 Å². The minimum absolute atomic E-state index is 0.0241. The Bertz CT molecular complexity index is 984. The number of pyridine rings is 1. The van der Waals surface area contributed by atoms with Gasteiger partial charge in [-0.3, -0.25) is 0 Å². The van der Waals surface area contributed by atoms with Crippen molar-refractivity contribution < 1.29 is 9.16 Å². The van der Waals surface area contributed by atoms with Crippen LogP contribution in [0.25, 0.3) is 16.6 Å². The van der Waals surface area contributed by atoms with Crippen molar-refractivity contribution in [2.45, 2.75) is 77.7 Å². The average molecular weight is 443 g/mol. The second-order valence-electron chi connectivity index (χ2n) is 10.7. The summed E-state index contributed by atoms with van der Waals surface area (Å²) in [4.78, 5) is 7.24. The Morgan fingerprint density at radius 3 is 2.61 bits per heavy atom. The molecular weight excluding hydrogens is 404 g/mol. The molecule has 2 aliphatic rings. The summed E-state index contributed by atoms with van der Waals surface area (Å²) >= 11 is 0. The summed E-state index contributed by atoms with van der Waals surface area (Å²) in [5, 5.41) is 6.16. The van der Waals surface area contributed by atoms with Crippen molar-refractivity contribution in [2.75, 3.05) is 26.7 Å². The Hall–Kier alpha value is -1.70. The first kappa shape index (κ1) is 22.5. The first-order valence-corrected chi connectivity index (χ1v) is 14.6. The van der Waals surface area contributed by atoms with E-state index < -0.39 is 8.32 Å². The van der Waals surface area contributed by atoms with Gasteiger partial charge in [-0.25, -0.2) is 9.67 Å². The number of ether oxygens (including phenoxy) is 1. The largest absolute Gasteiger partial charge is 0.542 e. The number of hydrogen-bond acceptors (Lipinski definition) is 5. The third-order valence-corrected chi connectivity index (χ3v) is 11.5. The zero-order valence-corrected chi connectivity index (χ0v) is 21.3. The number of likely N-dealkylation sites (N-methyl/N-ethyl adjacent to an activating group) is 1. The number of rotatable bonds is 4. The van der Waals surface area contributed by atoms with Gasteiger partial charge in [0, 0.05) is 25.3 Å². The summed E-state index contributed by atoms with van der Waals surface area (Å²) in [5.41, 5.74) is 4.47. The first-order valence-electron chi connectivity index (χ1n) is 11.6. The zero-order valence-electron chi connectivity index (χ0n) is 20.3. The topological polar surface area (TPSA) is 52.4 Å². The SMILES string of the molecule is Cc1nn(C2CCCCO2)c2ncc(O[Si](C)(C)C(C)(C)C)c(C3=CCN(C)CC3)c12. The van der Waals surface area contributed by atoms with Gasteiger partial charge < -0.3 is 14.1 Å². The predicted molar refractivity (Wildman–Crippen MR) is 129 cm³/mol. The maximum absolute atomic E-state index is 6.85. The van der Waals surface area contributed by atoms with Crippen LogP contribution in [-0.2, 0) is 4.74 Å². The fraction of sp³-hybridized carbons (Fsp3) is 0.667. The van der Waals surface area contributed by atoms with Crippen LogP contribution in [-0.4, -0.2) is 54.7 Å². The van der Waals surface area contributed by atoms with Crippen LogP contribution in [0.1, 0.15) is 63.9 Å². The highest BCUT2D eigenvalue weighted by Gasteiger charge is 2.40. The molecule has 0 saturated carbocycles. The molecule has 0 N–H and O–H groups in total. The summed E-state index contributed by atoms with van der Waals surface area (Å²) in [6.07, 6.45) is 8.56. The molecular formula is C24H38N4O2Si. The molecule has 31 heavy (non-hydrogen) atoms. The standard InChI is InChI=1S/C24H38N4O2Si/c1-17-21-22(18-11-13-27(5)14-12-18)19(30-31(6,7)24(2,3)4)16-25-23(21)28(26-17)20-10-8-9-15-29-20/h11,16,20H,8-10,12-15H2,1-7H3. The summed E-state index contributed by atoms with van der Waals surface area (Å²) in [7, 11) is 0.159. The normalized spacial score (nSPS) is 21.4. The van der Waals surface area contributed by atoms with Gasteiger partial charge in [0.15, 0.2) is 11.9 Å². The Morgan fingerprint density at radius 1 is 1.23 bits per heavy atom. The highest BCUT2D eigenvalue weighted by molar-refractivity contribution is 6.74. The summed E-state index contributed by atoms with van der Waals surface area (Å²) < 4.78 is 14.9. The first-order chi connectivity index (χ1) is 14.6. The predicted octanol–water partition coefficient (Wildman–Crippen LogP) is 5.54. The molecule has 2 aliphatic heterocycles. The lowest BCUT2D eigenvalue weighted by Crippen LogP contribution is -2.44. The van der Waals surface area contributed by atoms with Crippen LogP contribution in [0, 0.1) is 6.92 Å². The molecule has 0 spiro atoms. The van der Waals surface area contributed by atoms with E-state index in [1.807, 2.05) is 10.9 Å². The van der Waals surface area contributed by atoms with Crippen LogP contribution in [0.15, 0.2) is 12.3 Å². The molecule has 1 saturated heterocycles. The molecule has 7 heteroatoms. The zero-order chi connectivity index (χ0) is 22.4. The van der Waals surface area contributed by atoms with Gasteiger partial charge in [-0.15, -0.1) is 0 Å². The Labute approximate surface area is 187 Å². The van der Waals surface area contributed by atoms with Crippen LogP contribution in [0.5, 0.6) is 5.75 Å². The molecule has 0 radical (unpaired) electrons. The molecule has 0 bridgehead atoms. The quantitative estimate of drug-likeness (QED) is 0.582. The van der Waals surface area contributed by atoms with Crippen molar-refractivity contribution in [3.63, 3.8) is 0 Å². The highest BCUT2D eigenvalue weighted by atomic mass is 28.4. The van der Waals surface area contributed by atoms with Gasteiger partial charge in [0.1, 0.15) is 5.75 Å². The molecule has 2 aromatic rings. The van der Waals surface area contributed by atoms with Gasteiger partial charge in [0.05, 0.1) is 17.3 Å². The van der Waals surface area contributed by atoms with E-state index in [0.717, 1.165) is 61.4 Å². The van der Waals surface area contributed by atoms with Gasteiger partial charge >= 0.3 is 0 Å². The lowest BCUT2D eigenvalue weighted by Gasteiger charge is -2.37. The second-order valence-corrected chi connectivity index (χ2v) is 15.4. The average Bonchev–Trinajstić information content (AvgIpc) is 3.05. The molecule has 2 aromatic heterocycles. The number of aryl methyl sites for hydroxylation is 1. The smallest absolute Gasteiger partial charge is 0.250 e. The molecule has 1 unspecified atom stereocenters. The third kappa shape index (κ3) is 4.32. The highest BCUT2D eigenvalue weighted by Crippen LogP contribution is 2.43. The Balaban J connectivity index is 1.88. The van der Waals surface area contributed by atoms with Crippen molar-refractivity contribution in [1.29, 1.82) is 0 Å². The van der Waals surface area contributed by atoms with E-state index in [-0.39, 0.29) is 11.3 Å². The maximum atomic E-state index is 6.85. The van der Waals surface area contributed by atoms with Crippen molar-refractivity contribution in [3.05, 3.63) is 23.5 Å². The van der Waals surface area contributed by atoms with Gasteiger partial charge in [-0.2, -0.15) is 5.10 Å².